The average Bonchev–Trinajstić information content (AvgIpc) is 2.83. The summed E-state index contributed by atoms with van der Waals surface area (Å²) in [4.78, 5) is 25.9. The molecule has 4 nitrogen and oxygen atoms in total. The molecule has 21 heavy (non-hydrogen) atoms. The molecule has 1 aliphatic heterocycles. The molecule has 1 aromatic carbocycles. The zero-order valence-corrected chi connectivity index (χ0v) is 13.6. The predicted octanol–water partition coefficient (Wildman–Crippen LogP) is 3.01. The van der Waals surface area contributed by atoms with Gasteiger partial charge in [-0.25, -0.2) is 4.79 Å². The smallest absolute Gasteiger partial charge is 0.327 e. The lowest BCUT2D eigenvalue weighted by atomic mass is 9.94. The van der Waals surface area contributed by atoms with E-state index in [-0.39, 0.29) is 16.7 Å². The topological polar surface area (TPSA) is 57.6 Å². The largest absolute Gasteiger partial charge is 0.480 e. The number of benzene rings is 1. The van der Waals surface area contributed by atoms with Crippen molar-refractivity contribution in [1.82, 2.24) is 4.90 Å². The molecule has 0 aromatic heterocycles. The first-order valence-electron chi connectivity index (χ1n) is 6.96. The first-order valence-corrected chi connectivity index (χ1v) is 8.01. The van der Waals surface area contributed by atoms with Crippen molar-refractivity contribution in [3.63, 3.8) is 0 Å². The minimum absolute atomic E-state index is 0.134. The van der Waals surface area contributed by atoms with Gasteiger partial charge in [-0.05, 0) is 24.0 Å². The molecule has 1 aliphatic rings. The maximum atomic E-state index is 12.9. The summed E-state index contributed by atoms with van der Waals surface area (Å²) in [6.07, 6.45) is 0. The molecule has 1 fully saturated rings. The van der Waals surface area contributed by atoms with E-state index < -0.39 is 12.0 Å². The monoisotopic (exact) mass is 307 g/mol. The average molecular weight is 307 g/mol. The fourth-order valence-corrected chi connectivity index (χ4v) is 4.13. The zero-order chi connectivity index (χ0) is 15.8. The van der Waals surface area contributed by atoms with Crippen molar-refractivity contribution in [3.05, 3.63) is 35.4 Å². The molecule has 0 saturated carbocycles. The molecular weight excluding hydrogens is 286 g/mol. The van der Waals surface area contributed by atoms with Crippen LogP contribution in [-0.2, 0) is 4.79 Å². The number of carboxylic acids is 1. The van der Waals surface area contributed by atoms with Crippen LogP contribution in [-0.4, -0.2) is 39.1 Å². The van der Waals surface area contributed by atoms with Gasteiger partial charge in [0.2, 0.25) is 0 Å². The molecule has 2 unspecified atom stereocenters. The summed E-state index contributed by atoms with van der Waals surface area (Å²) in [5.74, 6) is -0.684. The van der Waals surface area contributed by atoms with Crippen LogP contribution in [0.1, 0.15) is 36.7 Å². The highest BCUT2D eigenvalue weighted by atomic mass is 32.2. The molecule has 1 heterocycles. The van der Waals surface area contributed by atoms with Crippen LogP contribution in [0.3, 0.4) is 0 Å². The number of hydrogen-bond acceptors (Lipinski definition) is 3. The van der Waals surface area contributed by atoms with Crippen LogP contribution in [0.2, 0.25) is 0 Å². The molecule has 1 N–H and O–H groups in total. The summed E-state index contributed by atoms with van der Waals surface area (Å²) in [6.45, 7) is 7.98. The second kappa shape index (κ2) is 5.72. The molecule has 1 amide bonds. The molecule has 114 valence electrons. The number of carbonyl (C=O) groups is 2. The third-order valence-electron chi connectivity index (χ3n) is 3.64. The fraction of sp³-hybridized carbons (Fsp3) is 0.500. The van der Waals surface area contributed by atoms with Crippen molar-refractivity contribution in [2.45, 2.75) is 39.1 Å². The summed E-state index contributed by atoms with van der Waals surface area (Å²) >= 11 is 1.55. The number of aliphatic carboxylic acids is 1. The van der Waals surface area contributed by atoms with E-state index in [2.05, 4.69) is 0 Å². The number of carboxylic acid groups (broad SMARTS) is 1. The molecule has 1 aromatic rings. The lowest BCUT2D eigenvalue weighted by molar-refractivity contribution is -0.141. The Bertz CT molecular complexity index is 565. The molecule has 0 bridgehead atoms. The van der Waals surface area contributed by atoms with Crippen LogP contribution in [0.15, 0.2) is 24.3 Å². The summed E-state index contributed by atoms with van der Waals surface area (Å²) in [5.41, 5.74) is 1.28. The van der Waals surface area contributed by atoms with Crippen LogP contribution in [0, 0.1) is 12.3 Å². The van der Waals surface area contributed by atoms with Crippen molar-refractivity contribution in [3.8, 4) is 0 Å². The number of thioether (sulfide) groups is 1. The quantitative estimate of drug-likeness (QED) is 0.912. The Morgan fingerprint density at radius 2 is 1.90 bits per heavy atom. The van der Waals surface area contributed by atoms with E-state index in [1.165, 1.54) is 0 Å². The summed E-state index contributed by atoms with van der Waals surface area (Å²) in [7, 11) is 0. The summed E-state index contributed by atoms with van der Waals surface area (Å²) in [6, 6.07) is 6.57. The molecular formula is C16H21NO3S. The van der Waals surface area contributed by atoms with Crippen molar-refractivity contribution in [1.29, 1.82) is 0 Å². The number of amides is 1. The van der Waals surface area contributed by atoms with Crippen molar-refractivity contribution >= 4 is 23.6 Å². The van der Waals surface area contributed by atoms with Gasteiger partial charge in [-0.3, -0.25) is 4.79 Å². The maximum Gasteiger partial charge on any atom is 0.327 e. The van der Waals surface area contributed by atoms with Crippen LogP contribution in [0.4, 0.5) is 0 Å². The molecule has 0 radical (unpaired) electrons. The molecule has 1 saturated heterocycles. The Hall–Kier alpha value is -1.49. The predicted molar refractivity (Wildman–Crippen MR) is 84.5 cm³/mol. The van der Waals surface area contributed by atoms with Crippen LogP contribution in [0.25, 0.3) is 0 Å². The first kappa shape index (κ1) is 15.9. The normalized spacial score (nSPS) is 22.4. The van der Waals surface area contributed by atoms with Gasteiger partial charge in [0, 0.05) is 11.3 Å². The number of carbonyl (C=O) groups excluding carboxylic acids is 1. The standard InChI is InChI=1S/C16H21NO3S/c1-10-7-5-6-8-11(10)13(18)17-12(14(19)20)9-21-15(17)16(2,3)4/h5-8,12,15H,9H2,1-4H3,(H,19,20). The minimum atomic E-state index is -0.934. The first-order chi connectivity index (χ1) is 9.73. The van der Waals surface area contributed by atoms with Crippen molar-refractivity contribution < 1.29 is 14.7 Å². The van der Waals surface area contributed by atoms with Gasteiger partial charge in [0.1, 0.15) is 6.04 Å². The van der Waals surface area contributed by atoms with Gasteiger partial charge in [0.15, 0.2) is 0 Å². The Balaban J connectivity index is 2.42. The van der Waals surface area contributed by atoms with Crippen LogP contribution >= 0.6 is 11.8 Å². The Morgan fingerprint density at radius 3 is 2.43 bits per heavy atom. The molecule has 0 aliphatic carbocycles. The lowest BCUT2D eigenvalue weighted by Crippen LogP contribution is -2.49. The zero-order valence-electron chi connectivity index (χ0n) is 12.8. The second-order valence-electron chi connectivity index (χ2n) is 6.43. The maximum absolute atomic E-state index is 12.9. The molecule has 2 atom stereocenters. The van der Waals surface area contributed by atoms with E-state index in [4.69, 9.17) is 0 Å². The van der Waals surface area contributed by atoms with E-state index in [1.54, 1.807) is 22.7 Å². The highest BCUT2D eigenvalue weighted by Gasteiger charge is 2.46. The molecule has 0 spiro atoms. The molecule has 2 rings (SSSR count). The van der Waals surface area contributed by atoms with Gasteiger partial charge in [0.05, 0.1) is 5.37 Å². The highest BCUT2D eigenvalue weighted by molar-refractivity contribution is 8.00. The van der Waals surface area contributed by atoms with Gasteiger partial charge >= 0.3 is 5.97 Å². The number of hydrogen-bond donors (Lipinski definition) is 1. The highest BCUT2D eigenvalue weighted by Crippen LogP contribution is 2.41. The molecule has 5 heteroatoms. The number of rotatable bonds is 2. The van der Waals surface area contributed by atoms with E-state index in [0.29, 0.717) is 11.3 Å². The van der Waals surface area contributed by atoms with Gasteiger partial charge in [-0.2, -0.15) is 0 Å². The minimum Gasteiger partial charge on any atom is -0.480 e. The number of nitrogens with zero attached hydrogens (tertiary/aromatic N) is 1. The third kappa shape index (κ3) is 3.07. The summed E-state index contributed by atoms with van der Waals surface area (Å²) < 4.78 is 0. The van der Waals surface area contributed by atoms with E-state index in [0.717, 1.165) is 5.56 Å². The van der Waals surface area contributed by atoms with Crippen LogP contribution < -0.4 is 0 Å². The second-order valence-corrected chi connectivity index (χ2v) is 7.55. The fourth-order valence-electron chi connectivity index (χ4n) is 2.56. The van der Waals surface area contributed by atoms with E-state index >= 15 is 0 Å². The van der Waals surface area contributed by atoms with Crippen LogP contribution in [0.5, 0.6) is 0 Å². The van der Waals surface area contributed by atoms with E-state index in [9.17, 15) is 14.7 Å². The third-order valence-corrected chi connectivity index (χ3v) is 5.39. The Morgan fingerprint density at radius 1 is 1.29 bits per heavy atom. The van der Waals surface area contributed by atoms with Crippen molar-refractivity contribution in [2.75, 3.05) is 5.75 Å². The van der Waals surface area contributed by atoms with Gasteiger partial charge in [-0.15, -0.1) is 11.8 Å². The van der Waals surface area contributed by atoms with Gasteiger partial charge in [0.25, 0.3) is 5.91 Å². The van der Waals surface area contributed by atoms with Gasteiger partial charge < -0.3 is 10.0 Å². The SMILES string of the molecule is Cc1ccccc1C(=O)N1C(C(=O)O)CSC1C(C)(C)C. The van der Waals surface area contributed by atoms with Crippen molar-refractivity contribution in [2.24, 2.45) is 5.41 Å². The Kier molecular flexibility index (Phi) is 4.33. The van der Waals surface area contributed by atoms with Gasteiger partial charge in [-0.1, -0.05) is 39.0 Å². The number of aryl methyl sites for hydroxylation is 1. The summed E-state index contributed by atoms with van der Waals surface area (Å²) in [5, 5.41) is 9.29. The van der Waals surface area contributed by atoms with E-state index in [1.807, 2.05) is 45.9 Å². The Labute approximate surface area is 129 Å². The lowest BCUT2D eigenvalue weighted by Gasteiger charge is -2.36.